The van der Waals surface area contributed by atoms with Gasteiger partial charge in [-0.2, -0.15) is 0 Å². The van der Waals surface area contributed by atoms with Crippen LogP contribution in [0.3, 0.4) is 0 Å². The number of methoxy groups -OCH3 is 2. The number of piperidine rings is 1. The Morgan fingerprint density at radius 3 is 2.33 bits per heavy atom. The van der Waals surface area contributed by atoms with Gasteiger partial charge in [0.1, 0.15) is 5.69 Å². The summed E-state index contributed by atoms with van der Waals surface area (Å²) in [5, 5.41) is 0. The van der Waals surface area contributed by atoms with E-state index in [4.69, 9.17) is 9.47 Å². The number of amides is 2. The van der Waals surface area contributed by atoms with E-state index in [0.717, 1.165) is 19.3 Å². The molecule has 1 aliphatic heterocycles. The maximum Gasteiger partial charge on any atom is 0.272 e. The summed E-state index contributed by atoms with van der Waals surface area (Å²) in [5.41, 5.74) is 2.12. The van der Waals surface area contributed by atoms with Crippen molar-refractivity contribution in [2.24, 2.45) is 5.92 Å². The number of benzene rings is 2. The first kappa shape index (κ1) is 25.2. The molecule has 36 heavy (non-hydrogen) atoms. The van der Waals surface area contributed by atoms with Crippen LogP contribution in [0, 0.1) is 5.92 Å². The van der Waals surface area contributed by atoms with Crippen molar-refractivity contribution in [1.82, 2.24) is 14.8 Å². The lowest BCUT2D eigenvalue weighted by atomic mass is 9.84. The van der Waals surface area contributed by atoms with E-state index < -0.39 is 0 Å². The third-order valence-electron chi connectivity index (χ3n) is 6.99. The fourth-order valence-corrected chi connectivity index (χ4v) is 5.01. The highest BCUT2D eigenvalue weighted by Crippen LogP contribution is 2.33. The van der Waals surface area contributed by atoms with Gasteiger partial charge < -0.3 is 19.3 Å². The topological polar surface area (TPSA) is 72.0 Å². The fourth-order valence-electron chi connectivity index (χ4n) is 5.01. The predicted molar refractivity (Wildman–Crippen MR) is 138 cm³/mol. The van der Waals surface area contributed by atoms with Crippen LogP contribution in [0.5, 0.6) is 11.5 Å². The Morgan fingerprint density at radius 1 is 0.972 bits per heavy atom. The summed E-state index contributed by atoms with van der Waals surface area (Å²) < 4.78 is 10.8. The lowest BCUT2D eigenvalue weighted by molar-refractivity contribution is 0.0517. The Labute approximate surface area is 212 Å². The van der Waals surface area contributed by atoms with Crippen LogP contribution in [0.4, 0.5) is 0 Å². The molecule has 3 aromatic rings. The van der Waals surface area contributed by atoms with Crippen molar-refractivity contribution in [3.63, 3.8) is 0 Å². The highest BCUT2D eigenvalue weighted by atomic mass is 16.5. The Bertz CT molecular complexity index is 1160. The van der Waals surface area contributed by atoms with Gasteiger partial charge in [0.25, 0.3) is 11.8 Å². The van der Waals surface area contributed by atoms with Crippen molar-refractivity contribution >= 4 is 11.8 Å². The molecule has 2 aromatic carbocycles. The molecule has 2 amide bonds. The molecule has 0 N–H and O–H groups in total. The number of hydrogen-bond donors (Lipinski definition) is 0. The highest BCUT2D eigenvalue weighted by molar-refractivity contribution is 5.98. The normalized spacial score (nSPS) is 14.7. The van der Waals surface area contributed by atoms with Crippen molar-refractivity contribution < 1.29 is 19.1 Å². The van der Waals surface area contributed by atoms with Crippen molar-refractivity contribution in [1.29, 1.82) is 0 Å². The minimum atomic E-state index is -0.0869. The molecule has 1 aromatic heterocycles. The molecule has 0 saturated carbocycles. The predicted octanol–water partition coefficient (Wildman–Crippen LogP) is 4.33. The minimum Gasteiger partial charge on any atom is -0.493 e. The number of aromatic nitrogens is 1. The number of likely N-dealkylation sites (tertiary alicyclic amines) is 1. The molecule has 2 heterocycles. The van der Waals surface area contributed by atoms with Crippen LogP contribution in [-0.4, -0.2) is 67.0 Å². The molecular weight excluding hydrogens is 454 g/mol. The number of carbonyl (C=O) groups is 2. The van der Waals surface area contributed by atoms with E-state index in [2.05, 4.69) is 17.1 Å². The number of ether oxygens (including phenoxy) is 2. The molecule has 1 fully saturated rings. The second-order valence-corrected chi connectivity index (χ2v) is 9.06. The number of rotatable bonds is 8. The molecule has 0 radical (unpaired) electrons. The highest BCUT2D eigenvalue weighted by Gasteiger charge is 2.34. The van der Waals surface area contributed by atoms with E-state index in [9.17, 15) is 9.59 Å². The number of nitrogens with zero attached hydrogens (tertiary/aromatic N) is 3. The summed E-state index contributed by atoms with van der Waals surface area (Å²) in [6, 6.07) is 21.0. The van der Waals surface area contributed by atoms with Gasteiger partial charge in [0.05, 0.1) is 19.8 Å². The molecule has 4 rings (SSSR count). The zero-order chi connectivity index (χ0) is 25.5. The molecule has 7 nitrogen and oxygen atoms in total. The number of para-hydroxylation sites is 1. The van der Waals surface area contributed by atoms with E-state index >= 15 is 0 Å². The molecule has 1 atom stereocenters. The van der Waals surface area contributed by atoms with Crippen LogP contribution in [0.1, 0.15) is 39.3 Å². The standard InChI is InChI=1S/C29H33N3O4/c1-31(29(34)24-13-7-8-17-30-24)25(20-21-10-5-4-6-11-21)22-15-18-32(19-16-22)28(33)23-12-9-14-26(35-2)27(23)36-3/h4-14,17,22,25H,15-16,18-20H2,1-3H3. The Hall–Kier alpha value is -3.87. The molecule has 188 valence electrons. The summed E-state index contributed by atoms with van der Waals surface area (Å²) in [5.74, 6) is 1.09. The lowest BCUT2D eigenvalue weighted by Crippen LogP contribution is -2.48. The maximum absolute atomic E-state index is 13.4. The SMILES string of the molecule is COc1cccc(C(=O)N2CCC(C(Cc3ccccc3)N(C)C(=O)c3ccccn3)CC2)c1OC. The second-order valence-electron chi connectivity index (χ2n) is 9.06. The summed E-state index contributed by atoms with van der Waals surface area (Å²) in [6.07, 6.45) is 3.99. The minimum absolute atomic E-state index is 0.00878. The maximum atomic E-state index is 13.4. The molecule has 7 heteroatoms. The zero-order valence-electron chi connectivity index (χ0n) is 21.1. The van der Waals surface area contributed by atoms with E-state index in [-0.39, 0.29) is 23.8 Å². The van der Waals surface area contributed by atoms with Crippen molar-refractivity contribution in [2.75, 3.05) is 34.4 Å². The summed E-state index contributed by atoms with van der Waals surface area (Å²) in [7, 11) is 4.97. The van der Waals surface area contributed by atoms with E-state index in [1.54, 1.807) is 44.7 Å². The molecule has 1 unspecified atom stereocenters. The van der Waals surface area contributed by atoms with E-state index in [0.29, 0.717) is 35.8 Å². The lowest BCUT2D eigenvalue weighted by Gasteiger charge is -2.40. The molecule has 1 saturated heterocycles. The average Bonchev–Trinajstić information content (AvgIpc) is 2.95. The molecule has 0 bridgehead atoms. The van der Waals surface area contributed by atoms with Crippen LogP contribution in [0.2, 0.25) is 0 Å². The first-order chi connectivity index (χ1) is 17.5. The molecular formula is C29H33N3O4. The smallest absolute Gasteiger partial charge is 0.272 e. The molecule has 0 aliphatic carbocycles. The van der Waals surface area contributed by atoms with Crippen molar-refractivity contribution in [3.8, 4) is 11.5 Å². The van der Waals surface area contributed by atoms with Crippen LogP contribution < -0.4 is 9.47 Å². The van der Waals surface area contributed by atoms with Gasteiger partial charge in [0.15, 0.2) is 11.5 Å². The van der Waals surface area contributed by atoms with Gasteiger partial charge >= 0.3 is 0 Å². The van der Waals surface area contributed by atoms with E-state index in [1.165, 1.54) is 5.56 Å². The van der Waals surface area contributed by atoms with Gasteiger partial charge in [0.2, 0.25) is 0 Å². The number of carbonyl (C=O) groups excluding carboxylic acids is 2. The van der Waals surface area contributed by atoms with Crippen LogP contribution in [-0.2, 0) is 6.42 Å². The van der Waals surface area contributed by atoms with Crippen molar-refractivity contribution in [3.05, 3.63) is 89.7 Å². The van der Waals surface area contributed by atoms with Gasteiger partial charge in [-0.1, -0.05) is 42.5 Å². The molecule has 1 aliphatic rings. The van der Waals surface area contributed by atoms with Crippen molar-refractivity contribution in [2.45, 2.75) is 25.3 Å². The fraction of sp³-hybridized carbons (Fsp3) is 0.345. The van der Waals surface area contributed by atoms with Gasteiger partial charge in [0, 0.05) is 32.4 Å². The first-order valence-electron chi connectivity index (χ1n) is 12.3. The monoisotopic (exact) mass is 487 g/mol. The number of hydrogen-bond acceptors (Lipinski definition) is 5. The average molecular weight is 488 g/mol. The van der Waals surface area contributed by atoms with Gasteiger partial charge in [-0.15, -0.1) is 0 Å². The van der Waals surface area contributed by atoms with Gasteiger partial charge in [-0.3, -0.25) is 14.6 Å². The quantitative estimate of drug-likeness (QED) is 0.473. The summed E-state index contributed by atoms with van der Waals surface area (Å²) in [4.78, 5) is 34.6. The van der Waals surface area contributed by atoms with Gasteiger partial charge in [-0.05, 0) is 55.0 Å². The summed E-state index contributed by atoms with van der Waals surface area (Å²) in [6.45, 7) is 1.22. The Balaban J connectivity index is 1.51. The summed E-state index contributed by atoms with van der Waals surface area (Å²) >= 11 is 0. The first-order valence-corrected chi connectivity index (χ1v) is 12.3. The second kappa shape index (κ2) is 11.7. The zero-order valence-corrected chi connectivity index (χ0v) is 21.1. The van der Waals surface area contributed by atoms with Crippen LogP contribution in [0.25, 0.3) is 0 Å². The molecule has 0 spiro atoms. The number of pyridine rings is 1. The van der Waals surface area contributed by atoms with E-state index in [1.807, 2.05) is 47.2 Å². The Kier molecular flexibility index (Phi) is 8.21. The largest absolute Gasteiger partial charge is 0.493 e. The third kappa shape index (κ3) is 5.51. The van der Waals surface area contributed by atoms with Crippen LogP contribution >= 0.6 is 0 Å². The number of likely N-dealkylation sites (N-methyl/N-ethyl adjacent to an activating group) is 1. The van der Waals surface area contributed by atoms with Gasteiger partial charge in [-0.25, -0.2) is 0 Å². The third-order valence-corrected chi connectivity index (χ3v) is 6.99. The van der Waals surface area contributed by atoms with Crippen LogP contribution in [0.15, 0.2) is 72.9 Å². The Morgan fingerprint density at radius 2 is 1.69 bits per heavy atom.